The minimum absolute atomic E-state index is 0.000456. The zero-order valence-corrected chi connectivity index (χ0v) is 17.2. The van der Waals surface area contributed by atoms with Gasteiger partial charge in [-0.05, 0) is 61.2 Å². The van der Waals surface area contributed by atoms with Gasteiger partial charge in [0.25, 0.3) is 5.56 Å². The molecule has 1 saturated heterocycles. The van der Waals surface area contributed by atoms with Gasteiger partial charge in [-0.15, -0.1) is 0 Å². The van der Waals surface area contributed by atoms with E-state index < -0.39 is 23.9 Å². The number of benzene rings is 2. The fourth-order valence-corrected chi connectivity index (χ4v) is 4.11. The van der Waals surface area contributed by atoms with Crippen LogP contribution in [0.4, 0.5) is 13.2 Å². The van der Waals surface area contributed by atoms with E-state index in [9.17, 15) is 28.2 Å². The number of alkyl halides is 3. The number of halogens is 3. The zero-order chi connectivity index (χ0) is 22.9. The summed E-state index contributed by atoms with van der Waals surface area (Å²) in [4.78, 5) is 17.3. The van der Waals surface area contributed by atoms with E-state index >= 15 is 0 Å². The Morgan fingerprint density at radius 3 is 2.72 bits per heavy atom. The third-order valence-corrected chi connectivity index (χ3v) is 5.83. The van der Waals surface area contributed by atoms with Crippen LogP contribution >= 0.6 is 0 Å². The molecular formula is C23H24F3N3O3. The average Bonchev–Trinajstić information content (AvgIpc) is 2.77. The number of nitrogens with zero attached hydrogens (tertiary/aromatic N) is 2. The van der Waals surface area contributed by atoms with E-state index in [0.717, 1.165) is 25.1 Å². The number of rotatable bonds is 5. The Bertz CT molecular complexity index is 1160. The molecule has 0 radical (unpaired) electrons. The van der Waals surface area contributed by atoms with Gasteiger partial charge < -0.3 is 15.5 Å². The van der Waals surface area contributed by atoms with Crippen LogP contribution in [0.3, 0.4) is 0 Å². The molecule has 1 fully saturated rings. The smallest absolute Gasteiger partial charge is 0.392 e. The van der Waals surface area contributed by atoms with Crippen molar-refractivity contribution in [3.05, 3.63) is 64.7 Å². The lowest BCUT2D eigenvalue weighted by Crippen LogP contribution is -2.47. The predicted octanol–water partition coefficient (Wildman–Crippen LogP) is 2.95. The van der Waals surface area contributed by atoms with E-state index in [0.29, 0.717) is 23.1 Å². The maximum atomic E-state index is 13.1. The summed E-state index contributed by atoms with van der Waals surface area (Å²) in [7, 11) is 0. The summed E-state index contributed by atoms with van der Waals surface area (Å²) >= 11 is 0. The number of aliphatic hydroxyl groups excluding tert-OH is 2. The second-order valence-corrected chi connectivity index (χ2v) is 8.17. The van der Waals surface area contributed by atoms with Crippen LogP contribution in [0.5, 0.6) is 0 Å². The fourth-order valence-electron chi connectivity index (χ4n) is 4.11. The second kappa shape index (κ2) is 9.01. The Hall–Kier alpha value is -2.75. The summed E-state index contributed by atoms with van der Waals surface area (Å²) in [6.07, 6.45) is -2.70. The quantitative estimate of drug-likeness (QED) is 0.560. The van der Waals surface area contributed by atoms with Crippen molar-refractivity contribution in [3.8, 4) is 11.1 Å². The summed E-state index contributed by atoms with van der Waals surface area (Å²) in [5.74, 6) is 0. The van der Waals surface area contributed by atoms with Gasteiger partial charge in [0.15, 0.2) is 0 Å². The molecule has 1 aliphatic rings. The van der Waals surface area contributed by atoms with Crippen molar-refractivity contribution in [2.45, 2.75) is 50.2 Å². The molecule has 3 atom stereocenters. The van der Waals surface area contributed by atoms with E-state index in [1.54, 1.807) is 18.2 Å². The van der Waals surface area contributed by atoms with Gasteiger partial charge in [0.1, 0.15) is 0 Å². The summed E-state index contributed by atoms with van der Waals surface area (Å²) in [5.41, 5.74) is 0.0745. The number of nitrogens with one attached hydrogen (secondary N) is 1. The maximum absolute atomic E-state index is 13.1. The van der Waals surface area contributed by atoms with Crippen LogP contribution in [-0.2, 0) is 12.7 Å². The zero-order valence-electron chi connectivity index (χ0n) is 17.2. The molecule has 32 heavy (non-hydrogen) atoms. The molecule has 6 nitrogen and oxygen atoms in total. The summed E-state index contributed by atoms with van der Waals surface area (Å²) in [6.45, 7) is 0.769. The minimum atomic E-state index is -4.46. The van der Waals surface area contributed by atoms with E-state index in [1.165, 1.54) is 23.0 Å². The highest BCUT2D eigenvalue weighted by Crippen LogP contribution is 2.32. The van der Waals surface area contributed by atoms with Crippen LogP contribution in [0.25, 0.3) is 22.0 Å². The van der Waals surface area contributed by atoms with Crippen LogP contribution in [0.15, 0.2) is 53.6 Å². The van der Waals surface area contributed by atoms with Gasteiger partial charge in [-0.2, -0.15) is 13.2 Å². The summed E-state index contributed by atoms with van der Waals surface area (Å²) in [5, 5.41) is 24.0. The van der Waals surface area contributed by atoms with Crippen LogP contribution in [0.1, 0.15) is 24.8 Å². The number of piperidine rings is 1. The van der Waals surface area contributed by atoms with Crippen molar-refractivity contribution in [1.29, 1.82) is 0 Å². The number of fused-ring (bicyclic) bond motifs is 1. The molecule has 0 aliphatic carbocycles. The van der Waals surface area contributed by atoms with Gasteiger partial charge in [-0.3, -0.25) is 9.36 Å². The molecule has 3 aromatic rings. The monoisotopic (exact) mass is 447 g/mol. The molecule has 0 unspecified atom stereocenters. The Labute approximate surface area is 182 Å². The predicted molar refractivity (Wildman–Crippen MR) is 114 cm³/mol. The van der Waals surface area contributed by atoms with Crippen molar-refractivity contribution < 1.29 is 23.4 Å². The third kappa shape index (κ3) is 4.85. The van der Waals surface area contributed by atoms with Gasteiger partial charge >= 0.3 is 6.18 Å². The number of aliphatic hydroxyl groups is 2. The SMILES string of the molecule is O=c1c2cc(-c3cccc(C(F)(F)F)c3)ccc2ncn1C[C@@H](O)C[C@H]1NCCC[C@@H]1O. The molecule has 2 heterocycles. The van der Waals surface area contributed by atoms with Crippen LogP contribution in [0.2, 0.25) is 0 Å². The van der Waals surface area contributed by atoms with Crippen molar-refractivity contribution in [2.75, 3.05) is 6.54 Å². The Balaban J connectivity index is 1.60. The molecule has 1 aromatic heterocycles. The van der Waals surface area contributed by atoms with Gasteiger partial charge in [0, 0.05) is 6.04 Å². The molecule has 9 heteroatoms. The van der Waals surface area contributed by atoms with Crippen molar-refractivity contribution in [3.63, 3.8) is 0 Å². The molecule has 170 valence electrons. The fraction of sp³-hybridized carbons (Fsp3) is 0.391. The normalized spacial score (nSPS) is 20.4. The molecule has 0 amide bonds. The van der Waals surface area contributed by atoms with Crippen LogP contribution < -0.4 is 10.9 Å². The highest BCUT2D eigenvalue weighted by Gasteiger charge is 2.30. The summed E-state index contributed by atoms with van der Waals surface area (Å²) in [6, 6.07) is 9.42. The van der Waals surface area contributed by atoms with E-state index in [1.807, 2.05) is 0 Å². The molecule has 3 N–H and O–H groups in total. The molecule has 0 saturated carbocycles. The lowest BCUT2D eigenvalue weighted by Gasteiger charge is -2.30. The topological polar surface area (TPSA) is 87.4 Å². The van der Waals surface area contributed by atoms with Gasteiger partial charge in [0.2, 0.25) is 0 Å². The second-order valence-electron chi connectivity index (χ2n) is 8.17. The van der Waals surface area contributed by atoms with Gasteiger partial charge in [-0.1, -0.05) is 18.2 Å². The summed E-state index contributed by atoms with van der Waals surface area (Å²) < 4.78 is 40.5. The highest BCUT2D eigenvalue weighted by atomic mass is 19.4. The van der Waals surface area contributed by atoms with Crippen molar-refractivity contribution >= 4 is 10.9 Å². The third-order valence-electron chi connectivity index (χ3n) is 5.83. The molecular weight excluding hydrogens is 423 g/mol. The molecule has 2 aromatic carbocycles. The first-order chi connectivity index (χ1) is 15.2. The lowest BCUT2D eigenvalue weighted by atomic mass is 9.96. The van der Waals surface area contributed by atoms with E-state index in [2.05, 4.69) is 10.3 Å². The number of hydrogen-bond donors (Lipinski definition) is 3. The van der Waals surface area contributed by atoms with E-state index in [-0.39, 0.29) is 30.0 Å². The van der Waals surface area contributed by atoms with E-state index in [4.69, 9.17) is 0 Å². The van der Waals surface area contributed by atoms with Crippen molar-refractivity contribution in [1.82, 2.24) is 14.9 Å². The Kier molecular flexibility index (Phi) is 6.32. The standard InChI is InChI=1S/C23H24F3N3O3/c24-23(25,26)16-4-1-3-14(9-16)15-6-7-19-18(10-15)22(32)29(13-28-19)12-17(30)11-20-21(31)5-2-8-27-20/h1,3-4,6-7,9-10,13,17,20-21,27,30-31H,2,5,8,11-12H2/t17-,20+,21-/m0/s1. The minimum Gasteiger partial charge on any atom is -0.392 e. The van der Waals surface area contributed by atoms with Gasteiger partial charge in [0.05, 0.1) is 41.5 Å². The Morgan fingerprint density at radius 2 is 1.97 bits per heavy atom. The number of aromatic nitrogens is 2. The molecule has 0 spiro atoms. The van der Waals surface area contributed by atoms with Gasteiger partial charge in [-0.25, -0.2) is 4.98 Å². The average molecular weight is 447 g/mol. The lowest BCUT2D eigenvalue weighted by molar-refractivity contribution is -0.137. The Morgan fingerprint density at radius 1 is 1.19 bits per heavy atom. The first-order valence-corrected chi connectivity index (χ1v) is 10.5. The first-order valence-electron chi connectivity index (χ1n) is 10.5. The first kappa shape index (κ1) is 22.4. The molecule has 4 rings (SSSR count). The maximum Gasteiger partial charge on any atom is 0.416 e. The largest absolute Gasteiger partial charge is 0.416 e. The highest BCUT2D eigenvalue weighted by molar-refractivity contribution is 5.83. The van der Waals surface area contributed by atoms with Crippen LogP contribution in [0, 0.1) is 0 Å². The number of hydrogen-bond acceptors (Lipinski definition) is 5. The molecule has 0 bridgehead atoms. The molecule has 1 aliphatic heterocycles. The van der Waals surface area contributed by atoms with Crippen molar-refractivity contribution in [2.24, 2.45) is 0 Å². The van der Waals surface area contributed by atoms with Crippen LogP contribution in [-0.4, -0.2) is 44.6 Å².